The quantitative estimate of drug-likeness (QED) is 0.911. The number of hydrogen-bond acceptors (Lipinski definition) is 5. The van der Waals surface area contributed by atoms with Crippen molar-refractivity contribution in [1.29, 1.82) is 0 Å². The molecule has 16 heavy (non-hydrogen) atoms. The Hall–Kier alpha value is -0.910. The standard InChI is InChI=1S/C11H14N2OS2/c1-8(14)10-5-12-11(16-10)13(2)6-9-3-4-15-7-9/h3-5,7-8,14H,6H2,1-2H3. The van der Waals surface area contributed by atoms with Crippen molar-refractivity contribution in [2.45, 2.75) is 19.6 Å². The molecule has 0 aromatic carbocycles. The number of aromatic nitrogens is 1. The summed E-state index contributed by atoms with van der Waals surface area (Å²) < 4.78 is 0. The molecule has 3 nitrogen and oxygen atoms in total. The topological polar surface area (TPSA) is 36.4 Å². The molecule has 0 aliphatic heterocycles. The van der Waals surface area contributed by atoms with E-state index in [1.807, 2.05) is 7.05 Å². The molecule has 0 radical (unpaired) electrons. The Labute approximate surface area is 103 Å². The maximum atomic E-state index is 9.43. The summed E-state index contributed by atoms with van der Waals surface area (Å²) in [7, 11) is 2.02. The van der Waals surface area contributed by atoms with Gasteiger partial charge in [-0.15, -0.1) is 0 Å². The van der Waals surface area contributed by atoms with Crippen LogP contribution in [0.1, 0.15) is 23.5 Å². The zero-order valence-electron chi connectivity index (χ0n) is 9.25. The molecule has 5 heteroatoms. The van der Waals surface area contributed by atoms with Crippen molar-refractivity contribution in [3.63, 3.8) is 0 Å². The fourth-order valence-corrected chi connectivity index (χ4v) is 2.84. The predicted molar refractivity (Wildman–Crippen MR) is 69.2 cm³/mol. The summed E-state index contributed by atoms with van der Waals surface area (Å²) in [4.78, 5) is 7.31. The molecule has 0 saturated heterocycles. The van der Waals surface area contributed by atoms with Crippen LogP contribution in [0.25, 0.3) is 0 Å². The van der Waals surface area contributed by atoms with Gasteiger partial charge in [-0.25, -0.2) is 4.98 Å². The average molecular weight is 254 g/mol. The molecule has 0 saturated carbocycles. The lowest BCUT2D eigenvalue weighted by atomic mass is 10.3. The highest BCUT2D eigenvalue weighted by atomic mass is 32.1. The van der Waals surface area contributed by atoms with Gasteiger partial charge in [0, 0.05) is 19.8 Å². The second kappa shape index (κ2) is 4.95. The molecule has 2 aromatic heterocycles. The largest absolute Gasteiger partial charge is 0.388 e. The molecule has 0 fully saturated rings. The van der Waals surface area contributed by atoms with Crippen LogP contribution in [-0.4, -0.2) is 17.1 Å². The van der Waals surface area contributed by atoms with E-state index in [9.17, 15) is 5.11 Å². The second-order valence-corrected chi connectivity index (χ2v) is 5.53. The Morgan fingerprint density at radius 2 is 2.38 bits per heavy atom. The molecule has 2 heterocycles. The van der Waals surface area contributed by atoms with Crippen LogP contribution >= 0.6 is 22.7 Å². The average Bonchev–Trinajstić information content (AvgIpc) is 2.86. The highest BCUT2D eigenvalue weighted by Gasteiger charge is 2.10. The van der Waals surface area contributed by atoms with Crippen LogP contribution in [0.4, 0.5) is 5.13 Å². The van der Waals surface area contributed by atoms with Crippen molar-refractivity contribution in [3.8, 4) is 0 Å². The SMILES string of the molecule is CC(O)c1cnc(N(C)Cc2ccsc2)s1. The maximum absolute atomic E-state index is 9.43. The van der Waals surface area contributed by atoms with Crippen molar-refractivity contribution < 1.29 is 5.11 Å². The van der Waals surface area contributed by atoms with Crippen LogP contribution in [0.2, 0.25) is 0 Å². The van der Waals surface area contributed by atoms with Crippen molar-refractivity contribution >= 4 is 27.8 Å². The van der Waals surface area contributed by atoms with Crippen molar-refractivity contribution in [1.82, 2.24) is 4.98 Å². The van der Waals surface area contributed by atoms with E-state index in [2.05, 4.69) is 26.7 Å². The molecule has 2 aromatic rings. The van der Waals surface area contributed by atoms with Crippen molar-refractivity contribution in [2.24, 2.45) is 0 Å². The van der Waals surface area contributed by atoms with Gasteiger partial charge in [-0.3, -0.25) is 0 Å². The number of aliphatic hydroxyl groups excluding tert-OH is 1. The Morgan fingerprint density at radius 1 is 1.56 bits per heavy atom. The smallest absolute Gasteiger partial charge is 0.185 e. The summed E-state index contributed by atoms with van der Waals surface area (Å²) in [6, 6.07) is 2.12. The van der Waals surface area contributed by atoms with Gasteiger partial charge in [0.1, 0.15) is 0 Å². The van der Waals surface area contributed by atoms with Crippen molar-refractivity contribution in [3.05, 3.63) is 33.5 Å². The van der Waals surface area contributed by atoms with E-state index in [0.29, 0.717) is 0 Å². The van der Waals surface area contributed by atoms with E-state index in [1.54, 1.807) is 24.5 Å². The third-order valence-corrected chi connectivity index (χ3v) is 4.26. The van der Waals surface area contributed by atoms with Crippen LogP contribution in [0.15, 0.2) is 23.0 Å². The summed E-state index contributed by atoms with van der Waals surface area (Å²) in [6.07, 6.45) is 1.32. The fourth-order valence-electron chi connectivity index (χ4n) is 1.37. The number of anilines is 1. The van der Waals surface area contributed by atoms with E-state index >= 15 is 0 Å². The summed E-state index contributed by atoms with van der Waals surface area (Å²) in [5.41, 5.74) is 1.29. The zero-order valence-corrected chi connectivity index (χ0v) is 10.9. The lowest BCUT2D eigenvalue weighted by Gasteiger charge is -2.14. The number of nitrogens with zero attached hydrogens (tertiary/aromatic N) is 2. The van der Waals surface area contributed by atoms with Gasteiger partial charge < -0.3 is 10.0 Å². The van der Waals surface area contributed by atoms with Crippen LogP contribution in [0, 0.1) is 0 Å². The Kier molecular flexibility index (Phi) is 3.58. The van der Waals surface area contributed by atoms with Gasteiger partial charge in [0.15, 0.2) is 5.13 Å². The molecule has 0 amide bonds. The van der Waals surface area contributed by atoms with Gasteiger partial charge in [-0.1, -0.05) is 11.3 Å². The zero-order chi connectivity index (χ0) is 11.5. The maximum Gasteiger partial charge on any atom is 0.185 e. The first kappa shape index (κ1) is 11.6. The van der Waals surface area contributed by atoms with E-state index in [4.69, 9.17) is 0 Å². The summed E-state index contributed by atoms with van der Waals surface area (Å²) in [6.45, 7) is 2.62. The molecular weight excluding hydrogens is 240 g/mol. The van der Waals surface area contributed by atoms with Crippen LogP contribution in [0.3, 0.4) is 0 Å². The van der Waals surface area contributed by atoms with Gasteiger partial charge in [0.2, 0.25) is 0 Å². The number of rotatable bonds is 4. The van der Waals surface area contributed by atoms with Gasteiger partial charge in [0.05, 0.1) is 11.0 Å². The third-order valence-electron chi connectivity index (χ3n) is 2.25. The molecule has 0 spiro atoms. The molecule has 1 N–H and O–H groups in total. The number of thiophene rings is 1. The van der Waals surface area contributed by atoms with E-state index in [1.165, 1.54) is 16.9 Å². The van der Waals surface area contributed by atoms with Gasteiger partial charge >= 0.3 is 0 Å². The molecule has 0 aliphatic rings. The van der Waals surface area contributed by atoms with Gasteiger partial charge in [0.25, 0.3) is 0 Å². The molecular formula is C11H14N2OS2. The number of hydrogen-bond donors (Lipinski definition) is 1. The number of aliphatic hydroxyl groups is 1. The fraction of sp³-hybridized carbons (Fsp3) is 0.364. The predicted octanol–water partition coefficient (Wildman–Crippen LogP) is 2.89. The number of thiazole rings is 1. The van der Waals surface area contributed by atoms with E-state index < -0.39 is 6.10 Å². The first-order valence-corrected chi connectivity index (χ1v) is 6.78. The Balaban J connectivity index is 2.06. The summed E-state index contributed by atoms with van der Waals surface area (Å²) in [5, 5.41) is 14.6. The van der Waals surface area contributed by atoms with Crippen LogP contribution < -0.4 is 4.90 Å². The van der Waals surface area contributed by atoms with E-state index in [0.717, 1.165) is 16.6 Å². The molecule has 2 rings (SSSR count). The molecule has 0 bridgehead atoms. The normalized spacial score (nSPS) is 12.7. The molecule has 86 valence electrons. The van der Waals surface area contributed by atoms with Gasteiger partial charge in [-0.2, -0.15) is 11.3 Å². The summed E-state index contributed by atoms with van der Waals surface area (Å²) >= 11 is 3.24. The lowest BCUT2D eigenvalue weighted by Crippen LogP contribution is -2.15. The Bertz CT molecular complexity index is 437. The lowest BCUT2D eigenvalue weighted by molar-refractivity contribution is 0.203. The first-order valence-electron chi connectivity index (χ1n) is 5.03. The van der Waals surface area contributed by atoms with Crippen LogP contribution in [0.5, 0.6) is 0 Å². The molecule has 0 aliphatic carbocycles. The monoisotopic (exact) mass is 254 g/mol. The summed E-state index contributed by atoms with van der Waals surface area (Å²) in [5.74, 6) is 0. The van der Waals surface area contributed by atoms with Crippen molar-refractivity contribution in [2.75, 3.05) is 11.9 Å². The van der Waals surface area contributed by atoms with Crippen LogP contribution in [-0.2, 0) is 6.54 Å². The molecule has 1 unspecified atom stereocenters. The minimum Gasteiger partial charge on any atom is -0.388 e. The third kappa shape index (κ3) is 2.61. The minimum absolute atomic E-state index is 0.430. The van der Waals surface area contributed by atoms with Gasteiger partial charge in [-0.05, 0) is 29.3 Å². The minimum atomic E-state index is -0.430. The highest BCUT2D eigenvalue weighted by Crippen LogP contribution is 2.27. The highest BCUT2D eigenvalue weighted by molar-refractivity contribution is 7.15. The second-order valence-electron chi connectivity index (χ2n) is 3.71. The Morgan fingerprint density at radius 3 is 2.94 bits per heavy atom. The first-order chi connectivity index (χ1) is 7.66. The molecule has 1 atom stereocenters. The van der Waals surface area contributed by atoms with E-state index in [-0.39, 0.29) is 0 Å².